The van der Waals surface area contributed by atoms with Crippen molar-refractivity contribution < 1.29 is 23.9 Å². The Morgan fingerprint density at radius 1 is 1.33 bits per heavy atom. The van der Waals surface area contributed by atoms with E-state index in [1.807, 2.05) is 0 Å². The van der Waals surface area contributed by atoms with Gasteiger partial charge >= 0.3 is 12.0 Å². The lowest BCUT2D eigenvalue weighted by Gasteiger charge is -2.10. The van der Waals surface area contributed by atoms with Gasteiger partial charge in [0, 0.05) is 18.5 Å². The summed E-state index contributed by atoms with van der Waals surface area (Å²) in [7, 11) is 0. The third-order valence-corrected chi connectivity index (χ3v) is 3.10. The Kier molecular flexibility index (Phi) is 6.29. The zero-order valence-corrected chi connectivity index (χ0v) is 12.7. The van der Waals surface area contributed by atoms with Crippen molar-refractivity contribution in [2.45, 2.75) is 19.8 Å². The molecule has 0 spiro atoms. The summed E-state index contributed by atoms with van der Waals surface area (Å²) in [6.07, 6.45) is -0.229. The molecule has 3 amide bonds. The van der Waals surface area contributed by atoms with Crippen molar-refractivity contribution in [1.29, 1.82) is 0 Å². The largest absolute Gasteiger partial charge is 0.481 e. The molecule has 0 saturated carbocycles. The third-order valence-electron chi connectivity index (χ3n) is 2.49. The normalized spacial score (nSPS) is 11.6. The van der Waals surface area contributed by atoms with E-state index in [1.165, 1.54) is 12.1 Å². The van der Waals surface area contributed by atoms with Crippen LogP contribution >= 0.6 is 15.9 Å². The third kappa shape index (κ3) is 6.35. The number of imide groups is 1. The Balaban J connectivity index is 2.47. The second-order valence-corrected chi connectivity index (χ2v) is 5.39. The molecule has 1 atom stereocenters. The average molecular weight is 361 g/mol. The Labute approximate surface area is 128 Å². The Hall–Kier alpha value is -1.96. The van der Waals surface area contributed by atoms with E-state index in [2.05, 4.69) is 26.6 Å². The molecule has 1 aromatic rings. The number of carboxylic acid groups (broad SMARTS) is 1. The molecule has 0 aliphatic heterocycles. The van der Waals surface area contributed by atoms with Gasteiger partial charge < -0.3 is 10.4 Å². The summed E-state index contributed by atoms with van der Waals surface area (Å²) in [6, 6.07) is 3.10. The van der Waals surface area contributed by atoms with Crippen LogP contribution in [0, 0.1) is 11.7 Å². The van der Waals surface area contributed by atoms with Gasteiger partial charge in [-0.05, 0) is 40.0 Å². The lowest BCUT2D eigenvalue weighted by Crippen LogP contribution is -2.35. The molecule has 0 heterocycles. The predicted octanol–water partition coefficient (Wildman–Crippen LogP) is 2.74. The van der Waals surface area contributed by atoms with E-state index in [0.29, 0.717) is 5.69 Å². The molecule has 1 aromatic carbocycles. The maximum absolute atomic E-state index is 13.0. The SMILES string of the molecule is CC(CC(=O)O)CC(=O)NC(=O)Nc1ccc(F)c(Br)c1. The highest BCUT2D eigenvalue weighted by molar-refractivity contribution is 9.10. The zero-order valence-electron chi connectivity index (χ0n) is 11.2. The maximum Gasteiger partial charge on any atom is 0.325 e. The quantitative estimate of drug-likeness (QED) is 0.752. The van der Waals surface area contributed by atoms with Crippen LogP contribution in [0.15, 0.2) is 22.7 Å². The molecule has 1 unspecified atom stereocenters. The molecule has 0 bridgehead atoms. The van der Waals surface area contributed by atoms with Crippen LogP contribution in [0.2, 0.25) is 0 Å². The number of hydrogen-bond donors (Lipinski definition) is 3. The van der Waals surface area contributed by atoms with Crippen LogP contribution in [0.25, 0.3) is 0 Å². The number of rotatable bonds is 5. The number of anilines is 1. The topological polar surface area (TPSA) is 95.5 Å². The number of carbonyl (C=O) groups is 3. The lowest BCUT2D eigenvalue weighted by atomic mass is 10.0. The molecule has 114 valence electrons. The Bertz CT molecular complexity index is 565. The number of nitrogens with one attached hydrogen (secondary N) is 2. The van der Waals surface area contributed by atoms with Gasteiger partial charge in [-0.15, -0.1) is 0 Å². The van der Waals surface area contributed by atoms with E-state index in [-0.39, 0.29) is 23.2 Å². The second-order valence-electron chi connectivity index (χ2n) is 4.54. The minimum absolute atomic E-state index is 0.0766. The number of hydrogen-bond acceptors (Lipinski definition) is 3. The molecule has 0 radical (unpaired) electrons. The van der Waals surface area contributed by atoms with E-state index in [9.17, 15) is 18.8 Å². The van der Waals surface area contributed by atoms with Crippen LogP contribution in [0.3, 0.4) is 0 Å². The minimum Gasteiger partial charge on any atom is -0.481 e. The summed E-state index contributed by atoms with van der Waals surface area (Å²) in [4.78, 5) is 33.5. The molecule has 1 rings (SSSR count). The maximum atomic E-state index is 13.0. The van der Waals surface area contributed by atoms with Crippen molar-refractivity contribution in [2.75, 3.05) is 5.32 Å². The number of halogens is 2. The van der Waals surface area contributed by atoms with Gasteiger partial charge in [-0.25, -0.2) is 9.18 Å². The van der Waals surface area contributed by atoms with Crippen molar-refractivity contribution >= 4 is 39.5 Å². The van der Waals surface area contributed by atoms with E-state index < -0.39 is 23.7 Å². The molecule has 21 heavy (non-hydrogen) atoms. The summed E-state index contributed by atoms with van der Waals surface area (Å²) in [5, 5.41) is 13.0. The lowest BCUT2D eigenvalue weighted by molar-refractivity contribution is -0.138. The van der Waals surface area contributed by atoms with Crippen molar-refractivity contribution in [1.82, 2.24) is 5.32 Å². The van der Waals surface area contributed by atoms with Crippen LogP contribution in [-0.4, -0.2) is 23.0 Å². The zero-order chi connectivity index (χ0) is 16.0. The van der Waals surface area contributed by atoms with Crippen molar-refractivity contribution in [3.63, 3.8) is 0 Å². The van der Waals surface area contributed by atoms with Gasteiger partial charge in [0.05, 0.1) is 4.47 Å². The van der Waals surface area contributed by atoms with E-state index >= 15 is 0 Å². The number of aliphatic carboxylic acids is 1. The first-order chi connectivity index (χ1) is 9.77. The van der Waals surface area contributed by atoms with E-state index in [0.717, 1.165) is 6.07 Å². The molecule has 0 fully saturated rings. The molecule has 0 saturated heterocycles. The Morgan fingerprint density at radius 2 is 2.00 bits per heavy atom. The first kappa shape index (κ1) is 17.1. The van der Waals surface area contributed by atoms with Crippen molar-refractivity contribution in [3.8, 4) is 0 Å². The minimum atomic E-state index is -1.00. The van der Waals surface area contributed by atoms with Gasteiger partial charge in [0.1, 0.15) is 5.82 Å². The number of carbonyl (C=O) groups excluding carboxylic acids is 2. The summed E-state index contributed by atoms with van der Waals surface area (Å²) >= 11 is 2.97. The fourth-order valence-corrected chi connectivity index (χ4v) is 1.98. The molecular formula is C13H14BrFN2O4. The predicted molar refractivity (Wildman–Crippen MR) is 77.3 cm³/mol. The van der Waals surface area contributed by atoms with Gasteiger partial charge in [0.2, 0.25) is 5.91 Å². The van der Waals surface area contributed by atoms with Gasteiger partial charge in [0.25, 0.3) is 0 Å². The number of urea groups is 1. The van der Waals surface area contributed by atoms with E-state index in [1.54, 1.807) is 6.92 Å². The van der Waals surface area contributed by atoms with Crippen LogP contribution in [0.1, 0.15) is 19.8 Å². The summed E-state index contributed by atoms with van der Waals surface area (Å²) in [6.45, 7) is 1.60. The van der Waals surface area contributed by atoms with Gasteiger partial charge in [-0.3, -0.25) is 14.9 Å². The van der Waals surface area contributed by atoms with E-state index in [4.69, 9.17) is 5.11 Å². The first-order valence-electron chi connectivity index (χ1n) is 6.05. The number of benzene rings is 1. The second kappa shape index (κ2) is 7.72. The van der Waals surface area contributed by atoms with Gasteiger partial charge in [-0.2, -0.15) is 0 Å². The molecular weight excluding hydrogens is 347 g/mol. The first-order valence-corrected chi connectivity index (χ1v) is 6.85. The van der Waals surface area contributed by atoms with Gasteiger partial charge in [-0.1, -0.05) is 6.92 Å². The van der Waals surface area contributed by atoms with Crippen LogP contribution < -0.4 is 10.6 Å². The molecule has 0 aromatic heterocycles. The molecule has 0 aliphatic rings. The molecule has 3 N–H and O–H groups in total. The average Bonchev–Trinajstić information content (AvgIpc) is 2.32. The van der Waals surface area contributed by atoms with Crippen LogP contribution in [-0.2, 0) is 9.59 Å². The highest BCUT2D eigenvalue weighted by atomic mass is 79.9. The van der Waals surface area contributed by atoms with Crippen LogP contribution in [0.4, 0.5) is 14.9 Å². The fraction of sp³-hybridized carbons (Fsp3) is 0.308. The standard InChI is InChI=1S/C13H14BrFN2O4/c1-7(5-12(19)20)4-11(18)17-13(21)16-8-2-3-10(15)9(14)6-8/h2-3,6-7H,4-5H2,1H3,(H,19,20)(H2,16,17,18,21). The Morgan fingerprint density at radius 3 is 2.57 bits per heavy atom. The highest BCUT2D eigenvalue weighted by Gasteiger charge is 2.15. The van der Waals surface area contributed by atoms with Crippen molar-refractivity contribution in [3.05, 3.63) is 28.5 Å². The smallest absolute Gasteiger partial charge is 0.325 e. The fourth-order valence-electron chi connectivity index (χ4n) is 1.60. The number of carboxylic acids is 1. The summed E-state index contributed by atoms with van der Waals surface area (Å²) in [5.74, 6) is -2.44. The number of amides is 3. The summed E-state index contributed by atoms with van der Waals surface area (Å²) in [5.41, 5.74) is 0.312. The highest BCUT2D eigenvalue weighted by Crippen LogP contribution is 2.19. The van der Waals surface area contributed by atoms with Gasteiger partial charge in [0.15, 0.2) is 0 Å². The molecule has 6 nitrogen and oxygen atoms in total. The van der Waals surface area contributed by atoms with Crippen LogP contribution in [0.5, 0.6) is 0 Å². The molecule has 8 heteroatoms. The summed E-state index contributed by atoms with van der Waals surface area (Å²) < 4.78 is 13.2. The monoisotopic (exact) mass is 360 g/mol. The van der Waals surface area contributed by atoms with Crippen molar-refractivity contribution in [2.24, 2.45) is 5.92 Å². The molecule has 0 aliphatic carbocycles.